The SMILES string of the molecule is N=S1CCCCNc2nc(ncc2C#CCCNSc2ccccc2)Nc2cccc1c2. The zero-order valence-electron chi connectivity index (χ0n) is 17.7. The van der Waals surface area contributed by atoms with Crippen LogP contribution < -0.4 is 15.4 Å². The molecule has 0 amide bonds. The molecule has 3 aromatic rings. The summed E-state index contributed by atoms with van der Waals surface area (Å²) in [5.41, 5.74) is 1.70. The standard InChI is InChI=1S/C24H26N6S2/c25-32-16-7-6-14-26-23-19(9-4-5-15-28-31-21-11-2-1-3-12-21)18-27-24(30-23)29-20-10-8-13-22(32)17-20/h1-3,8,10-13,17-18,25,28H,5-7,14-16H2,(H2,26,27,29,30). The lowest BCUT2D eigenvalue weighted by molar-refractivity contribution is 0.836. The molecular formula is C24H26N6S2. The van der Waals surface area contributed by atoms with E-state index in [0.29, 0.717) is 5.95 Å². The van der Waals surface area contributed by atoms with Gasteiger partial charge in [-0.15, -0.1) is 0 Å². The average Bonchev–Trinajstić information content (AvgIpc) is 2.83. The van der Waals surface area contributed by atoms with Gasteiger partial charge in [-0.25, -0.2) is 4.98 Å². The maximum atomic E-state index is 8.43. The molecule has 4 bridgehead atoms. The quantitative estimate of drug-likeness (QED) is 0.242. The molecule has 32 heavy (non-hydrogen) atoms. The van der Waals surface area contributed by atoms with Gasteiger partial charge in [-0.3, -0.25) is 9.50 Å². The molecular weight excluding hydrogens is 436 g/mol. The van der Waals surface area contributed by atoms with Crippen molar-refractivity contribution < 1.29 is 0 Å². The fraction of sp³-hybridized carbons (Fsp3) is 0.250. The number of nitrogens with one attached hydrogen (secondary N) is 4. The van der Waals surface area contributed by atoms with Gasteiger partial charge in [-0.2, -0.15) is 4.98 Å². The summed E-state index contributed by atoms with van der Waals surface area (Å²) in [7, 11) is -0.501. The van der Waals surface area contributed by atoms with Gasteiger partial charge in [-0.05, 0) is 55.1 Å². The topological polar surface area (TPSA) is 85.7 Å². The van der Waals surface area contributed by atoms with Crippen molar-refractivity contribution in [2.75, 3.05) is 29.5 Å². The fourth-order valence-electron chi connectivity index (χ4n) is 3.11. The minimum absolute atomic E-state index is 0.501. The summed E-state index contributed by atoms with van der Waals surface area (Å²) in [5, 5.41) is 6.68. The van der Waals surface area contributed by atoms with Gasteiger partial charge in [0.15, 0.2) is 0 Å². The van der Waals surface area contributed by atoms with Crippen LogP contribution in [-0.4, -0.2) is 28.8 Å². The monoisotopic (exact) mass is 462 g/mol. The maximum Gasteiger partial charge on any atom is 0.229 e. The van der Waals surface area contributed by atoms with Gasteiger partial charge in [0.05, 0.1) is 11.8 Å². The van der Waals surface area contributed by atoms with Gasteiger partial charge >= 0.3 is 0 Å². The second-order valence-corrected chi connectivity index (χ2v) is 9.82. The van der Waals surface area contributed by atoms with Crippen LogP contribution in [0.2, 0.25) is 0 Å². The molecule has 0 saturated carbocycles. The molecule has 0 aliphatic carbocycles. The van der Waals surface area contributed by atoms with Crippen LogP contribution in [0, 0.1) is 16.6 Å². The number of rotatable bonds is 4. The average molecular weight is 463 g/mol. The van der Waals surface area contributed by atoms with Crippen molar-refractivity contribution >= 4 is 40.1 Å². The van der Waals surface area contributed by atoms with Crippen molar-refractivity contribution in [3.63, 3.8) is 0 Å². The van der Waals surface area contributed by atoms with Gasteiger partial charge in [0.1, 0.15) is 5.82 Å². The van der Waals surface area contributed by atoms with Crippen LogP contribution in [0.25, 0.3) is 0 Å². The molecule has 8 heteroatoms. The number of hydrogen-bond acceptors (Lipinski definition) is 7. The van der Waals surface area contributed by atoms with E-state index in [9.17, 15) is 0 Å². The van der Waals surface area contributed by atoms with E-state index >= 15 is 0 Å². The van der Waals surface area contributed by atoms with Crippen molar-refractivity contribution in [3.05, 3.63) is 66.4 Å². The lowest BCUT2D eigenvalue weighted by atomic mass is 10.2. The summed E-state index contributed by atoms with van der Waals surface area (Å²) in [6.45, 7) is 1.59. The van der Waals surface area contributed by atoms with Gasteiger partial charge in [0.2, 0.25) is 5.95 Å². The smallest absolute Gasteiger partial charge is 0.229 e. The number of hydrogen-bond donors (Lipinski definition) is 4. The fourth-order valence-corrected chi connectivity index (χ4v) is 5.02. The molecule has 4 N–H and O–H groups in total. The molecule has 4 rings (SSSR count). The molecule has 1 unspecified atom stereocenters. The summed E-state index contributed by atoms with van der Waals surface area (Å²) in [6, 6.07) is 18.2. The number of aromatic nitrogens is 2. The summed E-state index contributed by atoms with van der Waals surface area (Å²) in [6.07, 6.45) is 4.50. The van der Waals surface area contributed by atoms with Crippen LogP contribution in [0.3, 0.4) is 0 Å². The lowest BCUT2D eigenvalue weighted by Crippen LogP contribution is -2.08. The molecule has 0 radical (unpaired) electrons. The third-order valence-electron chi connectivity index (χ3n) is 4.74. The van der Waals surface area contributed by atoms with Gasteiger partial charge in [0, 0.05) is 40.7 Å². The third kappa shape index (κ3) is 6.57. The zero-order chi connectivity index (χ0) is 22.0. The Hall–Kier alpha value is -2.86. The van der Waals surface area contributed by atoms with Crippen molar-refractivity contribution in [2.45, 2.75) is 29.1 Å². The van der Waals surface area contributed by atoms with E-state index in [-0.39, 0.29) is 0 Å². The Morgan fingerprint density at radius 1 is 1.12 bits per heavy atom. The van der Waals surface area contributed by atoms with Crippen LogP contribution in [0.5, 0.6) is 0 Å². The van der Waals surface area contributed by atoms with Crippen molar-refractivity contribution in [1.29, 1.82) is 4.78 Å². The number of fused-ring (bicyclic) bond motifs is 4. The molecule has 1 aliphatic heterocycles. The molecule has 0 spiro atoms. The van der Waals surface area contributed by atoms with E-state index in [1.54, 1.807) is 18.1 Å². The summed E-state index contributed by atoms with van der Waals surface area (Å²) < 4.78 is 11.8. The predicted octanol–water partition coefficient (Wildman–Crippen LogP) is 5.20. The van der Waals surface area contributed by atoms with Crippen LogP contribution in [0.4, 0.5) is 17.5 Å². The largest absolute Gasteiger partial charge is 0.369 e. The van der Waals surface area contributed by atoms with Gasteiger partial charge in [-0.1, -0.05) is 46.8 Å². The molecule has 164 valence electrons. The van der Waals surface area contributed by atoms with Crippen molar-refractivity contribution in [2.24, 2.45) is 0 Å². The summed E-state index contributed by atoms with van der Waals surface area (Å²) in [4.78, 5) is 11.4. The second-order valence-electron chi connectivity index (χ2n) is 7.20. The van der Waals surface area contributed by atoms with Crippen molar-refractivity contribution in [1.82, 2.24) is 14.7 Å². The number of benzene rings is 2. The Balaban J connectivity index is 1.42. The van der Waals surface area contributed by atoms with E-state index in [4.69, 9.17) is 4.78 Å². The molecule has 0 fully saturated rings. The summed E-state index contributed by atoms with van der Waals surface area (Å²) in [5.74, 6) is 8.59. The third-order valence-corrected chi connectivity index (χ3v) is 7.12. The van der Waals surface area contributed by atoms with Crippen LogP contribution in [-0.2, 0) is 10.7 Å². The molecule has 6 nitrogen and oxygen atoms in total. The first-order valence-electron chi connectivity index (χ1n) is 10.6. The highest BCUT2D eigenvalue weighted by Gasteiger charge is 2.09. The Labute approximate surface area is 196 Å². The highest BCUT2D eigenvalue weighted by molar-refractivity contribution is 7.97. The molecule has 1 aromatic heterocycles. The highest BCUT2D eigenvalue weighted by atomic mass is 32.2. The minimum atomic E-state index is -0.501. The number of anilines is 3. The molecule has 1 atom stereocenters. The minimum Gasteiger partial charge on any atom is -0.369 e. The first-order valence-corrected chi connectivity index (χ1v) is 12.8. The van der Waals surface area contributed by atoms with Crippen LogP contribution in [0.15, 0.2) is 70.6 Å². The van der Waals surface area contributed by atoms with Crippen LogP contribution >= 0.6 is 11.9 Å². The normalized spacial score (nSPS) is 15.6. The lowest BCUT2D eigenvalue weighted by Gasteiger charge is -2.10. The van der Waals surface area contributed by atoms with E-state index in [1.807, 2.05) is 42.5 Å². The second kappa shape index (κ2) is 11.7. The van der Waals surface area contributed by atoms with Crippen LogP contribution in [0.1, 0.15) is 24.8 Å². The molecule has 1 aliphatic rings. The first-order chi connectivity index (χ1) is 15.8. The van der Waals surface area contributed by atoms with E-state index in [0.717, 1.165) is 60.1 Å². The zero-order valence-corrected chi connectivity index (χ0v) is 19.4. The number of nitrogens with zero attached hydrogens (tertiary/aromatic N) is 2. The molecule has 2 heterocycles. The van der Waals surface area contributed by atoms with E-state index < -0.39 is 10.7 Å². The van der Waals surface area contributed by atoms with E-state index in [2.05, 4.69) is 49.3 Å². The molecule has 0 saturated heterocycles. The van der Waals surface area contributed by atoms with Gasteiger partial charge in [0.25, 0.3) is 0 Å². The molecule has 2 aromatic carbocycles. The predicted molar refractivity (Wildman–Crippen MR) is 134 cm³/mol. The Bertz CT molecular complexity index is 1120. The maximum absolute atomic E-state index is 8.43. The van der Waals surface area contributed by atoms with E-state index in [1.165, 1.54) is 4.90 Å². The first kappa shape index (κ1) is 22.3. The Morgan fingerprint density at radius 2 is 2.03 bits per heavy atom. The Kier molecular flexibility index (Phi) is 8.15. The summed E-state index contributed by atoms with van der Waals surface area (Å²) >= 11 is 1.62. The highest BCUT2D eigenvalue weighted by Crippen LogP contribution is 2.21. The van der Waals surface area contributed by atoms with Gasteiger partial charge < -0.3 is 10.6 Å². The Morgan fingerprint density at radius 3 is 2.94 bits per heavy atom. The van der Waals surface area contributed by atoms with Crippen molar-refractivity contribution in [3.8, 4) is 11.8 Å².